The van der Waals surface area contributed by atoms with Crippen LogP contribution in [0.3, 0.4) is 0 Å². The van der Waals surface area contributed by atoms with Crippen LogP contribution < -0.4 is 10.1 Å². The minimum Gasteiger partial charge on any atom is -0.495 e. The van der Waals surface area contributed by atoms with E-state index in [-0.39, 0.29) is 12.5 Å². The van der Waals surface area contributed by atoms with Crippen LogP contribution in [0.1, 0.15) is 33.0 Å². The quantitative estimate of drug-likeness (QED) is 0.781. The van der Waals surface area contributed by atoms with E-state index in [0.29, 0.717) is 17.8 Å². The van der Waals surface area contributed by atoms with Gasteiger partial charge in [0.05, 0.1) is 7.11 Å². The summed E-state index contributed by atoms with van der Waals surface area (Å²) in [5.74, 6) is 0.665. The summed E-state index contributed by atoms with van der Waals surface area (Å²) in [6, 6.07) is 0. The summed E-state index contributed by atoms with van der Waals surface area (Å²) in [5, 5.41) is 11.5. The molecule has 0 aromatic carbocycles. The van der Waals surface area contributed by atoms with Crippen molar-refractivity contribution in [3.63, 3.8) is 0 Å². The van der Waals surface area contributed by atoms with E-state index in [0.717, 1.165) is 25.0 Å². The van der Waals surface area contributed by atoms with E-state index in [4.69, 9.17) is 9.84 Å². The second-order valence-electron chi connectivity index (χ2n) is 4.05. The highest BCUT2D eigenvalue weighted by Gasteiger charge is 2.26. The van der Waals surface area contributed by atoms with Crippen molar-refractivity contribution in [3.8, 4) is 5.75 Å². The molecule has 2 N–H and O–H groups in total. The van der Waals surface area contributed by atoms with Crippen LogP contribution in [0.5, 0.6) is 5.75 Å². The Morgan fingerprint density at radius 1 is 1.53 bits per heavy atom. The molecule has 0 fully saturated rings. The number of hydrogen-bond donors (Lipinski definition) is 2. The molecule has 2 rings (SSSR count). The smallest absolute Gasteiger partial charge is 0.265 e. The number of amides is 1. The number of aryl methyl sites for hydroxylation is 1. The van der Waals surface area contributed by atoms with Crippen molar-refractivity contribution in [1.29, 1.82) is 0 Å². The number of nitrogens with one attached hydrogen (secondary N) is 1. The molecule has 0 radical (unpaired) electrons. The van der Waals surface area contributed by atoms with E-state index >= 15 is 0 Å². The van der Waals surface area contributed by atoms with E-state index in [1.165, 1.54) is 21.8 Å². The first-order valence-electron chi connectivity index (χ1n) is 5.85. The van der Waals surface area contributed by atoms with E-state index < -0.39 is 0 Å². The van der Waals surface area contributed by atoms with E-state index in [9.17, 15) is 4.79 Å². The highest BCUT2D eigenvalue weighted by molar-refractivity contribution is 7.14. The zero-order valence-electron chi connectivity index (χ0n) is 9.91. The third-order valence-corrected chi connectivity index (χ3v) is 4.18. The number of ether oxygens (including phenoxy) is 1. The van der Waals surface area contributed by atoms with Crippen LogP contribution in [0.2, 0.25) is 0 Å². The monoisotopic (exact) mass is 255 g/mol. The highest BCUT2D eigenvalue weighted by atomic mass is 32.1. The lowest BCUT2D eigenvalue weighted by atomic mass is 10.2. The van der Waals surface area contributed by atoms with Crippen LogP contribution in [0.25, 0.3) is 0 Å². The average Bonchev–Trinajstić information content (AvgIpc) is 2.88. The van der Waals surface area contributed by atoms with Crippen LogP contribution in [0.4, 0.5) is 0 Å². The summed E-state index contributed by atoms with van der Waals surface area (Å²) in [6.07, 6.45) is 3.81. The molecule has 1 aliphatic carbocycles. The van der Waals surface area contributed by atoms with E-state index in [2.05, 4.69) is 5.32 Å². The Balaban J connectivity index is 2.12. The zero-order valence-corrected chi connectivity index (χ0v) is 10.7. The van der Waals surface area contributed by atoms with Crippen LogP contribution in [-0.2, 0) is 12.8 Å². The summed E-state index contributed by atoms with van der Waals surface area (Å²) in [5.41, 5.74) is 1.21. The molecule has 1 aromatic heterocycles. The van der Waals surface area contributed by atoms with Gasteiger partial charge in [0.2, 0.25) is 0 Å². The molecule has 1 aliphatic rings. The summed E-state index contributed by atoms with van der Waals surface area (Å²) in [4.78, 5) is 13.9. The lowest BCUT2D eigenvalue weighted by Gasteiger charge is -2.05. The molecule has 1 amide bonds. The number of carbonyl (C=O) groups is 1. The summed E-state index contributed by atoms with van der Waals surface area (Å²) in [6.45, 7) is 0.597. The topological polar surface area (TPSA) is 58.6 Å². The van der Waals surface area contributed by atoms with Crippen LogP contribution in [0, 0.1) is 0 Å². The van der Waals surface area contributed by atoms with Crippen molar-refractivity contribution in [2.24, 2.45) is 0 Å². The van der Waals surface area contributed by atoms with Crippen LogP contribution >= 0.6 is 11.3 Å². The first-order chi connectivity index (χ1) is 8.27. The van der Waals surface area contributed by atoms with Gasteiger partial charge in [-0.25, -0.2) is 0 Å². The maximum absolute atomic E-state index is 11.9. The molecule has 0 bridgehead atoms. The fourth-order valence-corrected chi connectivity index (χ4v) is 3.38. The second kappa shape index (κ2) is 5.51. The molecule has 17 heavy (non-hydrogen) atoms. The summed E-state index contributed by atoms with van der Waals surface area (Å²) in [7, 11) is 1.62. The number of carbonyl (C=O) groups excluding carboxylic acids is 1. The predicted molar refractivity (Wildman–Crippen MR) is 66.9 cm³/mol. The lowest BCUT2D eigenvalue weighted by Crippen LogP contribution is -2.24. The molecule has 4 nitrogen and oxygen atoms in total. The van der Waals surface area contributed by atoms with E-state index in [1.54, 1.807) is 7.11 Å². The average molecular weight is 255 g/mol. The standard InChI is InChI=1S/C12H17NO3S/c1-16-10-8-4-2-5-9(8)17-11(10)12(15)13-6-3-7-14/h14H,2-7H2,1H3,(H,13,15). The Bertz CT molecular complexity index is 414. The Labute approximate surface area is 105 Å². The molecular formula is C12H17NO3S. The molecule has 94 valence electrons. The van der Waals surface area contributed by atoms with Gasteiger partial charge in [-0.2, -0.15) is 0 Å². The number of fused-ring (bicyclic) bond motifs is 1. The fourth-order valence-electron chi connectivity index (χ4n) is 2.10. The number of thiophene rings is 1. The van der Waals surface area contributed by atoms with Crippen molar-refractivity contribution >= 4 is 17.2 Å². The molecule has 0 saturated heterocycles. The maximum Gasteiger partial charge on any atom is 0.265 e. The van der Waals surface area contributed by atoms with Crippen molar-refractivity contribution in [2.45, 2.75) is 25.7 Å². The highest BCUT2D eigenvalue weighted by Crippen LogP contribution is 2.40. The molecule has 0 unspecified atom stereocenters. The van der Waals surface area contributed by atoms with Gasteiger partial charge in [0.15, 0.2) is 0 Å². The minimum atomic E-state index is -0.0882. The Morgan fingerprint density at radius 2 is 2.35 bits per heavy atom. The second-order valence-corrected chi connectivity index (χ2v) is 5.16. The normalized spacial score (nSPS) is 13.5. The summed E-state index contributed by atoms with van der Waals surface area (Å²) < 4.78 is 5.36. The van der Waals surface area contributed by atoms with Gasteiger partial charge in [0.25, 0.3) is 5.91 Å². The molecule has 5 heteroatoms. The van der Waals surface area contributed by atoms with Gasteiger partial charge in [-0.3, -0.25) is 4.79 Å². The number of aliphatic hydroxyl groups is 1. The number of rotatable bonds is 5. The van der Waals surface area contributed by atoms with Gasteiger partial charge in [0, 0.05) is 23.6 Å². The van der Waals surface area contributed by atoms with Crippen LogP contribution in [0.15, 0.2) is 0 Å². The van der Waals surface area contributed by atoms with Crippen molar-refractivity contribution in [2.75, 3.05) is 20.3 Å². The third kappa shape index (κ3) is 2.45. The van der Waals surface area contributed by atoms with Gasteiger partial charge >= 0.3 is 0 Å². The van der Waals surface area contributed by atoms with Gasteiger partial charge < -0.3 is 15.2 Å². The van der Waals surface area contributed by atoms with Crippen molar-refractivity contribution in [1.82, 2.24) is 5.32 Å². The molecule has 0 aliphatic heterocycles. The zero-order chi connectivity index (χ0) is 12.3. The SMILES string of the molecule is COc1c(C(=O)NCCCO)sc2c1CCC2. The van der Waals surface area contributed by atoms with Crippen LogP contribution in [-0.4, -0.2) is 31.3 Å². The Kier molecular flexibility index (Phi) is 4.02. The Hall–Kier alpha value is -1.07. The van der Waals surface area contributed by atoms with Gasteiger partial charge in [-0.05, 0) is 25.7 Å². The van der Waals surface area contributed by atoms with Crippen molar-refractivity contribution < 1.29 is 14.6 Å². The summed E-state index contributed by atoms with van der Waals surface area (Å²) >= 11 is 1.54. The first kappa shape index (κ1) is 12.4. The van der Waals surface area contributed by atoms with Crippen molar-refractivity contribution in [3.05, 3.63) is 15.3 Å². The van der Waals surface area contributed by atoms with Gasteiger partial charge in [-0.15, -0.1) is 11.3 Å². The Morgan fingerprint density at radius 3 is 3.06 bits per heavy atom. The molecule has 1 aromatic rings. The number of aliphatic hydroxyl groups excluding tert-OH is 1. The molecule has 1 heterocycles. The first-order valence-corrected chi connectivity index (χ1v) is 6.67. The minimum absolute atomic E-state index is 0.0882. The van der Waals surface area contributed by atoms with Gasteiger partial charge in [-0.1, -0.05) is 0 Å². The maximum atomic E-state index is 11.9. The number of methoxy groups -OCH3 is 1. The lowest BCUT2D eigenvalue weighted by molar-refractivity contribution is 0.0952. The number of hydrogen-bond acceptors (Lipinski definition) is 4. The molecule has 0 saturated carbocycles. The predicted octanol–water partition coefficient (Wildman–Crippen LogP) is 1.36. The third-order valence-electron chi connectivity index (χ3n) is 2.90. The van der Waals surface area contributed by atoms with E-state index in [1.807, 2.05) is 0 Å². The largest absolute Gasteiger partial charge is 0.495 e. The molecular weight excluding hydrogens is 238 g/mol. The van der Waals surface area contributed by atoms with Gasteiger partial charge in [0.1, 0.15) is 10.6 Å². The molecule has 0 atom stereocenters. The fraction of sp³-hybridized carbons (Fsp3) is 0.583. The molecule has 0 spiro atoms.